The van der Waals surface area contributed by atoms with E-state index >= 15 is 0 Å². The van der Waals surface area contributed by atoms with E-state index in [4.69, 9.17) is 28.3 Å². The summed E-state index contributed by atoms with van der Waals surface area (Å²) in [7, 11) is 0. The van der Waals surface area contributed by atoms with Crippen molar-refractivity contribution in [2.24, 2.45) is 0 Å². The standard InChI is InChI=1S/C28H27Cl2N7OS/c1-18-3-6-21(7-4-18)37-26(33-28(38)22-17-32-36-12-2-11-31-27(22)36)16-24(34-37)19-9-13-35(14-10-19)39-25-8-5-20(29)15-23(25)30/h2-6,8,11-12,15-17,19,21H,7,9-10,13-14H2,1H3,(H,33,38). The predicted molar refractivity (Wildman–Crippen MR) is 156 cm³/mol. The number of nitrogens with one attached hydrogen (secondary N) is 1. The minimum Gasteiger partial charge on any atom is -0.307 e. The highest BCUT2D eigenvalue weighted by Crippen LogP contribution is 2.37. The molecule has 1 unspecified atom stereocenters. The summed E-state index contributed by atoms with van der Waals surface area (Å²) in [6, 6.07) is 9.44. The van der Waals surface area contributed by atoms with E-state index in [2.05, 4.69) is 44.9 Å². The van der Waals surface area contributed by atoms with E-state index < -0.39 is 0 Å². The quantitative estimate of drug-likeness (QED) is 0.252. The molecule has 0 bridgehead atoms. The van der Waals surface area contributed by atoms with Gasteiger partial charge in [0.15, 0.2) is 5.65 Å². The number of halogens is 2. The second kappa shape index (κ2) is 11.2. The van der Waals surface area contributed by atoms with E-state index in [-0.39, 0.29) is 11.9 Å². The van der Waals surface area contributed by atoms with Crippen LogP contribution in [0.25, 0.3) is 5.65 Å². The number of carbonyl (C=O) groups excluding carboxylic acids is 1. The number of benzene rings is 1. The number of carbonyl (C=O) groups is 1. The van der Waals surface area contributed by atoms with E-state index in [1.54, 1.807) is 47.2 Å². The van der Waals surface area contributed by atoms with Gasteiger partial charge in [0.05, 0.1) is 23.0 Å². The second-order valence-corrected chi connectivity index (χ2v) is 11.8. The third-order valence-electron chi connectivity index (χ3n) is 7.09. The number of anilines is 1. The molecule has 6 rings (SSSR count). The Morgan fingerprint density at radius 3 is 2.79 bits per heavy atom. The van der Waals surface area contributed by atoms with Crippen LogP contribution in [0.15, 0.2) is 77.6 Å². The monoisotopic (exact) mass is 579 g/mol. The van der Waals surface area contributed by atoms with Gasteiger partial charge in [-0.15, -0.1) is 0 Å². The first kappa shape index (κ1) is 26.1. The summed E-state index contributed by atoms with van der Waals surface area (Å²) < 4.78 is 5.87. The number of aromatic nitrogens is 5. The van der Waals surface area contributed by atoms with Crippen molar-refractivity contribution in [1.29, 1.82) is 0 Å². The van der Waals surface area contributed by atoms with Crippen LogP contribution in [0.1, 0.15) is 54.2 Å². The molecule has 3 aromatic heterocycles. The highest BCUT2D eigenvalue weighted by molar-refractivity contribution is 7.97. The van der Waals surface area contributed by atoms with Gasteiger partial charge in [0, 0.05) is 47.4 Å². The summed E-state index contributed by atoms with van der Waals surface area (Å²) in [6.07, 6.45) is 14.2. The maximum atomic E-state index is 13.3. The number of nitrogens with zero attached hydrogens (tertiary/aromatic N) is 6. The molecule has 1 aliphatic carbocycles. The molecule has 1 saturated heterocycles. The number of hydrogen-bond donors (Lipinski definition) is 1. The Morgan fingerprint density at radius 2 is 2.03 bits per heavy atom. The summed E-state index contributed by atoms with van der Waals surface area (Å²) in [5, 5.41) is 13.7. The zero-order valence-electron chi connectivity index (χ0n) is 21.3. The molecule has 39 heavy (non-hydrogen) atoms. The van der Waals surface area contributed by atoms with E-state index in [0.29, 0.717) is 33.0 Å². The van der Waals surface area contributed by atoms with Gasteiger partial charge < -0.3 is 5.32 Å². The third kappa shape index (κ3) is 5.63. The molecule has 1 amide bonds. The molecule has 1 atom stereocenters. The first-order valence-corrected chi connectivity index (χ1v) is 14.4. The lowest BCUT2D eigenvalue weighted by atomic mass is 9.95. The largest absolute Gasteiger partial charge is 0.307 e. The molecule has 4 aromatic rings. The Labute approximate surface area is 240 Å². The van der Waals surface area contributed by atoms with Gasteiger partial charge in [-0.2, -0.15) is 10.2 Å². The fraction of sp³-hybridized carbons (Fsp3) is 0.286. The normalized spacial score (nSPS) is 18.4. The Hall–Kier alpha value is -3.11. The molecule has 1 fully saturated rings. The summed E-state index contributed by atoms with van der Waals surface area (Å²) in [4.78, 5) is 18.7. The van der Waals surface area contributed by atoms with Crippen molar-refractivity contribution in [2.75, 3.05) is 18.4 Å². The van der Waals surface area contributed by atoms with E-state index in [9.17, 15) is 4.79 Å². The van der Waals surface area contributed by atoms with Crippen molar-refractivity contribution in [3.63, 3.8) is 0 Å². The summed E-state index contributed by atoms with van der Waals surface area (Å²) in [6.45, 7) is 3.90. The minimum absolute atomic E-state index is 0.0301. The van der Waals surface area contributed by atoms with Gasteiger partial charge in [0.2, 0.25) is 0 Å². The zero-order valence-corrected chi connectivity index (χ0v) is 23.6. The molecule has 11 heteroatoms. The average Bonchev–Trinajstić information content (AvgIpc) is 3.56. The Bertz CT molecular complexity index is 1590. The lowest BCUT2D eigenvalue weighted by Gasteiger charge is -2.30. The number of hydrogen-bond acceptors (Lipinski definition) is 6. The van der Waals surface area contributed by atoms with Crippen molar-refractivity contribution >= 4 is 52.5 Å². The molecule has 0 spiro atoms. The van der Waals surface area contributed by atoms with Crippen LogP contribution < -0.4 is 5.32 Å². The Kier molecular flexibility index (Phi) is 7.49. The smallest absolute Gasteiger partial charge is 0.262 e. The van der Waals surface area contributed by atoms with Crippen LogP contribution in [0.2, 0.25) is 10.0 Å². The van der Waals surface area contributed by atoms with Gasteiger partial charge in [-0.05, 0) is 62.4 Å². The van der Waals surface area contributed by atoms with Gasteiger partial charge in [-0.1, -0.05) is 47.0 Å². The van der Waals surface area contributed by atoms with Crippen molar-refractivity contribution in [1.82, 2.24) is 28.7 Å². The molecule has 2 aliphatic rings. The zero-order chi connectivity index (χ0) is 26.9. The number of allylic oxidation sites excluding steroid dienone is 4. The van der Waals surface area contributed by atoms with Crippen LogP contribution in [0.4, 0.5) is 5.82 Å². The van der Waals surface area contributed by atoms with Gasteiger partial charge in [-0.3, -0.25) is 4.79 Å². The molecule has 1 aromatic carbocycles. The summed E-state index contributed by atoms with van der Waals surface area (Å²) >= 11 is 14.1. The number of rotatable bonds is 6. The fourth-order valence-electron chi connectivity index (χ4n) is 4.96. The molecule has 1 N–H and O–H groups in total. The fourth-order valence-corrected chi connectivity index (χ4v) is 6.42. The average molecular weight is 581 g/mol. The predicted octanol–water partition coefficient (Wildman–Crippen LogP) is 6.82. The third-order valence-corrected chi connectivity index (χ3v) is 8.93. The van der Waals surface area contributed by atoms with Crippen molar-refractivity contribution in [3.05, 3.63) is 94.0 Å². The lowest BCUT2D eigenvalue weighted by Crippen LogP contribution is -2.27. The van der Waals surface area contributed by atoms with Crippen molar-refractivity contribution in [3.8, 4) is 0 Å². The van der Waals surface area contributed by atoms with Gasteiger partial charge in [-0.25, -0.2) is 18.5 Å². The van der Waals surface area contributed by atoms with Crippen LogP contribution >= 0.6 is 35.1 Å². The van der Waals surface area contributed by atoms with E-state index in [1.165, 1.54) is 5.57 Å². The van der Waals surface area contributed by atoms with Gasteiger partial charge in [0.1, 0.15) is 11.4 Å². The topological polar surface area (TPSA) is 80.4 Å². The Balaban J connectivity index is 1.20. The minimum atomic E-state index is -0.256. The van der Waals surface area contributed by atoms with Gasteiger partial charge in [0.25, 0.3) is 5.91 Å². The molecule has 0 radical (unpaired) electrons. The SMILES string of the molecule is CC1=CCC(n2nc(C3CCN(Sc4ccc(Cl)cc4Cl)CC3)cc2NC(=O)c2cnn3cccnc23)C=C1. The number of fused-ring (bicyclic) bond motifs is 1. The molecule has 8 nitrogen and oxygen atoms in total. The molecule has 1 aliphatic heterocycles. The van der Waals surface area contributed by atoms with Crippen LogP contribution in [-0.2, 0) is 0 Å². The molecule has 4 heterocycles. The van der Waals surface area contributed by atoms with Crippen molar-refractivity contribution in [2.45, 2.75) is 43.0 Å². The number of amides is 1. The highest BCUT2D eigenvalue weighted by atomic mass is 35.5. The molecule has 0 saturated carbocycles. The van der Waals surface area contributed by atoms with Crippen LogP contribution in [0, 0.1) is 0 Å². The van der Waals surface area contributed by atoms with Crippen LogP contribution in [0.3, 0.4) is 0 Å². The maximum absolute atomic E-state index is 13.3. The second-order valence-electron chi connectivity index (χ2n) is 9.78. The molecular formula is C28H27Cl2N7OS. The molecule has 200 valence electrons. The van der Waals surface area contributed by atoms with E-state index in [0.717, 1.165) is 42.9 Å². The van der Waals surface area contributed by atoms with Gasteiger partial charge >= 0.3 is 0 Å². The Morgan fingerprint density at radius 1 is 1.18 bits per heavy atom. The first-order chi connectivity index (χ1) is 18.9. The van der Waals surface area contributed by atoms with E-state index in [1.807, 2.05) is 22.9 Å². The first-order valence-electron chi connectivity index (χ1n) is 12.9. The summed E-state index contributed by atoms with van der Waals surface area (Å²) in [5.41, 5.74) is 3.17. The van der Waals surface area contributed by atoms with Crippen LogP contribution in [-0.4, -0.2) is 47.7 Å². The maximum Gasteiger partial charge on any atom is 0.262 e. The lowest BCUT2D eigenvalue weighted by molar-refractivity contribution is 0.102. The van der Waals surface area contributed by atoms with Crippen molar-refractivity contribution < 1.29 is 4.79 Å². The number of piperidine rings is 1. The highest BCUT2D eigenvalue weighted by Gasteiger charge is 2.27. The van der Waals surface area contributed by atoms with Crippen LogP contribution in [0.5, 0.6) is 0 Å². The molecular weight excluding hydrogens is 553 g/mol. The summed E-state index contributed by atoms with van der Waals surface area (Å²) in [5.74, 6) is 0.717.